The first kappa shape index (κ1) is 11.7. The van der Waals surface area contributed by atoms with E-state index < -0.39 is 5.97 Å². The molecule has 0 radical (unpaired) electrons. The normalized spacial score (nSPS) is 9.43. The van der Waals surface area contributed by atoms with Crippen LogP contribution in [0, 0.1) is 0 Å². The molecule has 0 unspecified atom stereocenters. The van der Waals surface area contributed by atoms with E-state index >= 15 is 0 Å². The third-order valence-electron chi connectivity index (χ3n) is 2.02. The van der Waals surface area contributed by atoms with Crippen molar-refractivity contribution in [1.82, 2.24) is 0 Å². The second kappa shape index (κ2) is 4.94. The van der Waals surface area contributed by atoms with Gasteiger partial charge in [-0.3, -0.25) is 0 Å². The van der Waals surface area contributed by atoms with Crippen LogP contribution in [0.5, 0.6) is 0 Å². The van der Waals surface area contributed by atoms with E-state index in [9.17, 15) is 4.79 Å². The van der Waals surface area contributed by atoms with Gasteiger partial charge < -0.3 is 5.11 Å². The van der Waals surface area contributed by atoms with Crippen molar-refractivity contribution < 1.29 is 9.90 Å². The summed E-state index contributed by atoms with van der Waals surface area (Å²) >= 11 is 0. The third kappa shape index (κ3) is 2.17. The molecule has 0 saturated carbocycles. The van der Waals surface area contributed by atoms with Gasteiger partial charge in [-0.15, -0.1) is 0 Å². The Morgan fingerprint density at radius 2 is 1.64 bits per heavy atom. The summed E-state index contributed by atoms with van der Waals surface area (Å²) in [5, 5.41) is 10.6. The average molecular weight is 262 g/mol. The first-order valence-electron chi connectivity index (χ1n) is 4.00. The van der Waals surface area contributed by atoms with E-state index in [4.69, 9.17) is 5.11 Å². The quantitative estimate of drug-likeness (QED) is 0.793. The summed E-state index contributed by atoms with van der Waals surface area (Å²) < 4.78 is 0. The number of carbonyl (C=O) groups is 1. The second-order valence-electron chi connectivity index (χ2n) is 2.83. The Bertz CT molecular complexity index is 460. The molecular weight excluding hydrogens is 252 g/mol. The Hall–Kier alpha value is -0.349. The predicted octanol–water partition coefficient (Wildman–Crippen LogP) is 1.62. The van der Waals surface area contributed by atoms with E-state index in [-0.39, 0.29) is 45.5 Å². The number of carboxylic acid groups (broad SMARTS) is 1. The van der Waals surface area contributed by atoms with Crippen LogP contribution in [0.4, 0.5) is 0 Å². The molecular formula is C11H10O2Sr. The molecule has 1 N–H and O–H groups in total. The Kier molecular flexibility index (Phi) is 4.13. The number of rotatable bonds is 1. The van der Waals surface area contributed by atoms with Crippen LogP contribution in [0.1, 0.15) is 10.4 Å². The fourth-order valence-electron chi connectivity index (χ4n) is 1.41. The topological polar surface area (TPSA) is 37.3 Å². The summed E-state index contributed by atoms with van der Waals surface area (Å²) in [6.07, 6.45) is 0. The molecule has 2 aromatic carbocycles. The van der Waals surface area contributed by atoms with Crippen LogP contribution < -0.4 is 0 Å². The number of hydrogen-bond donors (Lipinski definition) is 1. The number of fused-ring (bicyclic) bond motifs is 1. The minimum absolute atomic E-state index is 0. The van der Waals surface area contributed by atoms with Crippen molar-refractivity contribution in [2.75, 3.05) is 0 Å². The minimum atomic E-state index is -0.878. The molecule has 0 fully saturated rings. The molecule has 3 heteroatoms. The molecule has 2 aromatic rings. The fourth-order valence-corrected chi connectivity index (χ4v) is 1.41. The molecule has 0 amide bonds. The van der Waals surface area contributed by atoms with E-state index in [0.717, 1.165) is 10.8 Å². The van der Waals surface area contributed by atoms with Gasteiger partial charge in [0.2, 0.25) is 0 Å². The van der Waals surface area contributed by atoms with Gasteiger partial charge in [0.05, 0.1) is 5.56 Å². The van der Waals surface area contributed by atoms with E-state index in [0.29, 0.717) is 5.56 Å². The Morgan fingerprint density at radius 3 is 2.36 bits per heavy atom. The van der Waals surface area contributed by atoms with Gasteiger partial charge in [-0.2, -0.15) is 0 Å². The van der Waals surface area contributed by atoms with E-state index in [1.165, 1.54) is 0 Å². The van der Waals surface area contributed by atoms with Crippen LogP contribution >= 0.6 is 0 Å². The predicted molar refractivity (Wildman–Crippen MR) is 59.5 cm³/mol. The number of carboxylic acids is 1. The Morgan fingerprint density at radius 1 is 1.00 bits per heavy atom. The van der Waals surface area contributed by atoms with Gasteiger partial charge in [-0.1, -0.05) is 36.4 Å². The first-order valence-corrected chi connectivity index (χ1v) is 4.00. The molecule has 0 aliphatic rings. The van der Waals surface area contributed by atoms with Crippen molar-refractivity contribution in [2.45, 2.75) is 0 Å². The summed E-state index contributed by atoms with van der Waals surface area (Å²) in [6, 6.07) is 12.7. The van der Waals surface area contributed by atoms with Crippen LogP contribution in [0.15, 0.2) is 42.5 Å². The maximum atomic E-state index is 10.8. The maximum absolute atomic E-state index is 10.8. The summed E-state index contributed by atoms with van der Waals surface area (Å²) in [7, 11) is 0. The fraction of sp³-hybridized carbons (Fsp3) is 0. The standard InChI is InChI=1S/C11H8O2.Sr.2H/c12-11(13)10-7-3-5-8-4-1-2-6-9(8)10;;;/h1-7H,(H,12,13);;;. The summed E-state index contributed by atoms with van der Waals surface area (Å²) in [5.41, 5.74) is 0.359. The van der Waals surface area contributed by atoms with Gasteiger partial charge in [0.1, 0.15) is 0 Å². The van der Waals surface area contributed by atoms with E-state index in [2.05, 4.69) is 0 Å². The molecule has 0 aliphatic heterocycles. The zero-order valence-corrected chi connectivity index (χ0v) is 6.90. The van der Waals surface area contributed by atoms with Crippen LogP contribution in [0.2, 0.25) is 0 Å². The SMILES string of the molecule is O=C(O)c1cccc2ccccc12.[SrH2]. The van der Waals surface area contributed by atoms with Gasteiger partial charge in [-0.25, -0.2) is 4.79 Å². The molecule has 0 heterocycles. The van der Waals surface area contributed by atoms with Crippen molar-refractivity contribution >= 4 is 62.2 Å². The van der Waals surface area contributed by atoms with Crippen molar-refractivity contribution in [2.24, 2.45) is 0 Å². The van der Waals surface area contributed by atoms with Gasteiger partial charge >= 0.3 is 51.5 Å². The zero-order chi connectivity index (χ0) is 9.26. The van der Waals surface area contributed by atoms with Crippen LogP contribution in [-0.2, 0) is 0 Å². The number of hydrogen-bond acceptors (Lipinski definition) is 1. The molecule has 0 spiro atoms. The molecule has 68 valence electrons. The van der Waals surface area contributed by atoms with Crippen molar-refractivity contribution in [3.8, 4) is 0 Å². The summed E-state index contributed by atoms with van der Waals surface area (Å²) in [5.74, 6) is -0.878. The average Bonchev–Trinajstić information content (AvgIpc) is 2.17. The monoisotopic (exact) mass is 262 g/mol. The Balaban J connectivity index is 0.000000980. The Labute approximate surface area is 119 Å². The van der Waals surface area contributed by atoms with Crippen molar-refractivity contribution in [1.29, 1.82) is 0 Å². The molecule has 0 aromatic heterocycles. The molecule has 0 atom stereocenters. The van der Waals surface area contributed by atoms with Crippen molar-refractivity contribution in [3.63, 3.8) is 0 Å². The molecule has 0 bridgehead atoms. The second-order valence-corrected chi connectivity index (χ2v) is 2.83. The van der Waals surface area contributed by atoms with Gasteiger partial charge in [-0.05, 0) is 16.8 Å². The van der Waals surface area contributed by atoms with Crippen LogP contribution in [0.25, 0.3) is 10.8 Å². The third-order valence-corrected chi connectivity index (χ3v) is 2.02. The molecule has 0 aliphatic carbocycles. The molecule has 14 heavy (non-hydrogen) atoms. The van der Waals surface area contributed by atoms with Gasteiger partial charge in [0, 0.05) is 0 Å². The summed E-state index contributed by atoms with van der Waals surface area (Å²) in [6.45, 7) is 0. The van der Waals surface area contributed by atoms with Gasteiger partial charge in [0.15, 0.2) is 0 Å². The van der Waals surface area contributed by atoms with E-state index in [1.807, 2.05) is 30.3 Å². The summed E-state index contributed by atoms with van der Waals surface area (Å²) in [4.78, 5) is 10.8. The molecule has 0 saturated heterocycles. The number of benzene rings is 2. The van der Waals surface area contributed by atoms with E-state index in [1.54, 1.807) is 12.1 Å². The first-order chi connectivity index (χ1) is 6.29. The number of aromatic carboxylic acids is 1. The molecule has 2 rings (SSSR count). The molecule has 2 nitrogen and oxygen atoms in total. The van der Waals surface area contributed by atoms with Crippen molar-refractivity contribution in [3.05, 3.63) is 48.0 Å². The van der Waals surface area contributed by atoms with Crippen LogP contribution in [-0.4, -0.2) is 56.6 Å². The van der Waals surface area contributed by atoms with Crippen LogP contribution in [0.3, 0.4) is 0 Å². The van der Waals surface area contributed by atoms with Gasteiger partial charge in [0.25, 0.3) is 0 Å². The zero-order valence-electron chi connectivity index (χ0n) is 6.90.